The van der Waals surface area contributed by atoms with Gasteiger partial charge in [-0.2, -0.15) is 5.10 Å². The second-order valence-corrected chi connectivity index (χ2v) is 5.84. The summed E-state index contributed by atoms with van der Waals surface area (Å²) in [6.07, 6.45) is 1.39. The number of aromatic hydroxyl groups is 1. The molecule has 0 aliphatic heterocycles. The first-order chi connectivity index (χ1) is 11.6. The molecule has 3 aromatic carbocycles. The number of fused-ring (bicyclic) bond motifs is 1. The third kappa shape index (κ3) is 3.35. The number of carbonyl (C=O) groups is 1. The number of hydrogen-bond donors (Lipinski definition) is 2. The van der Waals surface area contributed by atoms with Crippen molar-refractivity contribution in [1.29, 1.82) is 0 Å². The van der Waals surface area contributed by atoms with Gasteiger partial charge in [0.1, 0.15) is 5.75 Å². The van der Waals surface area contributed by atoms with Gasteiger partial charge in [0.05, 0.1) is 21.8 Å². The van der Waals surface area contributed by atoms with Crippen LogP contribution in [-0.2, 0) is 0 Å². The second kappa shape index (κ2) is 6.91. The van der Waals surface area contributed by atoms with E-state index >= 15 is 0 Å². The highest BCUT2D eigenvalue weighted by atomic mass is 35.5. The predicted molar refractivity (Wildman–Crippen MR) is 97.1 cm³/mol. The minimum absolute atomic E-state index is 0.109. The van der Waals surface area contributed by atoms with Crippen LogP contribution in [0.25, 0.3) is 10.8 Å². The summed E-state index contributed by atoms with van der Waals surface area (Å²) in [7, 11) is 0. The van der Waals surface area contributed by atoms with Crippen LogP contribution < -0.4 is 5.43 Å². The van der Waals surface area contributed by atoms with Crippen LogP contribution in [0.3, 0.4) is 0 Å². The number of nitrogens with one attached hydrogen (secondary N) is 1. The maximum absolute atomic E-state index is 12.2. The van der Waals surface area contributed by atoms with E-state index in [0.29, 0.717) is 15.6 Å². The van der Waals surface area contributed by atoms with Crippen molar-refractivity contribution in [3.05, 3.63) is 75.8 Å². The molecule has 0 saturated heterocycles. The van der Waals surface area contributed by atoms with Gasteiger partial charge in [0.15, 0.2) is 0 Å². The van der Waals surface area contributed by atoms with Crippen LogP contribution in [0.1, 0.15) is 15.9 Å². The van der Waals surface area contributed by atoms with Gasteiger partial charge in [-0.1, -0.05) is 59.6 Å². The Morgan fingerprint density at radius 2 is 1.75 bits per heavy atom. The molecule has 2 N–H and O–H groups in total. The van der Waals surface area contributed by atoms with Gasteiger partial charge >= 0.3 is 0 Å². The smallest absolute Gasteiger partial charge is 0.275 e. The van der Waals surface area contributed by atoms with Crippen LogP contribution >= 0.6 is 23.2 Å². The normalized spacial score (nSPS) is 11.1. The molecule has 3 aromatic rings. The molecule has 4 nitrogen and oxygen atoms in total. The van der Waals surface area contributed by atoms with E-state index in [2.05, 4.69) is 10.5 Å². The zero-order valence-corrected chi connectivity index (χ0v) is 13.8. The molecule has 0 fully saturated rings. The third-order valence-corrected chi connectivity index (χ3v) is 4.29. The first kappa shape index (κ1) is 16.3. The number of nitrogens with zero attached hydrogens (tertiary/aromatic N) is 1. The summed E-state index contributed by atoms with van der Waals surface area (Å²) in [5.41, 5.74) is 3.09. The zero-order chi connectivity index (χ0) is 17.1. The summed E-state index contributed by atoms with van der Waals surface area (Å²) < 4.78 is 0. The predicted octanol–water partition coefficient (Wildman–Crippen LogP) is 4.62. The van der Waals surface area contributed by atoms with Gasteiger partial charge in [0.25, 0.3) is 5.91 Å². The van der Waals surface area contributed by atoms with Crippen LogP contribution in [0.4, 0.5) is 0 Å². The molecule has 0 atom stereocenters. The van der Waals surface area contributed by atoms with Gasteiger partial charge in [-0.05, 0) is 29.0 Å². The summed E-state index contributed by atoms with van der Waals surface area (Å²) in [4.78, 5) is 12.2. The van der Waals surface area contributed by atoms with Gasteiger partial charge in [-0.15, -0.1) is 0 Å². The summed E-state index contributed by atoms with van der Waals surface area (Å²) in [5, 5.41) is 16.3. The summed E-state index contributed by atoms with van der Waals surface area (Å²) in [6, 6.07) is 15.7. The van der Waals surface area contributed by atoms with Crippen molar-refractivity contribution in [2.45, 2.75) is 0 Å². The van der Waals surface area contributed by atoms with E-state index in [1.807, 2.05) is 24.3 Å². The van der Waals surface area contributed by atoms with E-state index in [-0.39, 0.29) is 11.3 Å². The number of phenolic OH excluding ortho intramolecular Hbond substituents is 1. The number of rotatable bonds is 3. The number of carbonyl (C=O) groups excluding carboxylic acids is 1. The zero-order valence-electron chi connectivity index (χ0n) is 12.3. The monoisotopic (exact) mass is 358 g/mol. The van der Waals surface area contributed by atoms with Gasteiger partial charge in [-0.25, -0.2) is 5.43 Å². The van der Waals surface area contributed by atoms with Crippen LogP contribution in [0.5, 0.6) is 5.75 Å². The fourth-order valence-corrected chi connectivity index (χ4v) is 2.61. The van der Waals surface area contributed by atoms with Crippen molar-refractivity contribution < 1.29 is 9.90 Å². The third-order valence-electron chi connectivity index (χ3n) is 3.46. The Morgan fingerprint density at radius 3 is 2.50 bits per heavy atom. The molecule has 120 valence electrons. The van der Waals surface area contributed by atoms with Crippen LogP contribution in [-0.4, -0.2) is 17.2 Å². The fraction of sp³-hybridized carbons (Fsp3) is 0. The van der Waals surface area contributed by atoms with E-state index in [0.717, 1.165) is 10.8 Å². The van der Waals surface area contributed by atoms with Crippen molar-refractivity contribution in [3.8, 4) is 5.75 Å². The quantitative estimate of drug-likeness (QED) is 0.530. The van der Waals surface area contributed by atoms with Crippen molar-refractivity contribution >= 4 is 46.1 Å². The first-order valence-electron chi connectivity index (χ1n) is 7.05. The molecule has 0 spiro atoms. The van der Waals surface area contributed by atoms with Gasteiger partial charge in [0, 0.05) is 5.56 Å². The van der Waals surface area contributed by atoms with E-state index in [1.165, 1.54) is 6.21 Å². The SMILES string of the molecule is O=C(N/N=C/c1cccc(Cl)c1Cl)c1cc2ccccc2cc1O. The minimum Gasteiger partial charge on any atom is -0.507 e. The topological polar surface area (TPSA) is 61.7 Å². The Morgan fingerprint density at radius 1 is 1.04 bits per heavy atom. The maximum atomic E-state index is 12.2. The molecule has 0 aliphatic carbocycles. The minimum atomic E-state index is -0.521. The Labute approximate surface area is 148 Å². The highest BCUT2D eigenvalue weighted by molar-refractivity contribution is 6.43. The lowest BCUT2D eigenvalue weighted by atomic mass is 10.1. The Balaban J connectivity index is 1.81. The molecule has 24 heavy (non-hydrogen) atoms. The number of hydrogen-bond acceptors (Lipinski definition) is 3. The van der Waals surface area contributed by atoms with Crippen molar-refractivity contribution in [2.75, 3.05) is 0 Å². The lowest BCUT2D eigenvalue weighted by molar-refractivity contribution is 0.0952. The molecule has 0 aromatic heterocycles. The molecule has 6 heteroatoms. The largest absolute Gasteiger partial charge is 0.507 e. The molecule has 0 aliphatic rings. The van der Waals surface area contributed by atoms with Crippen LogP contribution in [0, 0.1) is 0 Å². The summed E-state index contributed by atoms with van der Waals surface area (Å²) >= 11 is 12.0. The van der Waals surface area contributed by atoms with Crippen LogP contribution in [0.15, 0.2) is 59.7 Å². The average Bonchev–Trinajstić information content (AvgIpc) is 2.58. The molecule has 0 bridgehead atoms. The molecule has 0 radical (unpaired) electrons. The highest BCUT2D eigenvalue weighted by Crippen LogP contribution is 2.25. The second-order valence-electron chi connectivity index (χ2n) is 5.06. The molecule has 1 amide bonds. The highest BCUT2D eigenvalue weighted by Gasteiger charge is 2.11. The Kier molecular flexibility index (Phi) is 4.69. The van der Waals surface area contributed by atoms with Crippen LogP contribution in [0.2, 0.25) is 10.0 Å². The average molecular weight is 359 g/mol. The number of benzene rings is 3. The van der Waals surface area contributed by atoms with E-state index < -0.39 is 5.91 Å². The maximum Gasteiger partial charge on any atom is 0.275 e. The molecule has 0 unspecified atom stereocenters. The van der Waals surface area contributed by atoms with Gasteiger partial charge < -0.3 is 5.11 Å². The van der Waals surface area contributed by atoms with Crippen molar-refractivity contribution in [2.24, 2.45) is 5.10 Å². The van der Waals surface area contributed by atoms with Gasteiger partial charge in [0.2, 0.25) is 0 Å². The molecular formula is C18H12Cl2N2O2. The Bertz CT molecular complexity index is 955. The fourth-order valence-electron chi connectivity index (χ4n) is 2.25. The molecule has 0 saturated carbocycles. The number of amides is 1. The Hall–Kier alpha value is -2.56. The summed E-state index contributed by atoms with van der Waals surface area (Å²) in [5.74, 6) is -0.630. The van der Waals surface area contributed by atoms with E-state index in [4.69, 9.17) is 23.2 Å². The molecular weight excluding hydrogens is 347 g/mol. The molecule has 3 rings (SSSR count). The van der Waals surface area contributed by atoms with Crippen molar-refractivity contribution in [3.63, 3.8) is 0 Å². The summed E-state index contributed by atoms with van der Waals surface area (Å²) in [6.45, 7) is 0. The number of hydrazone groups is 1. The van der Waals surface area contributed by atoms with E-state index in [1.54, 1.807) is 30.3 Å². The number of halogens is 2. The lowest BCUT2D eigenvalue weighted by Gasteiger charge is -2.06. The van der Waals surface area contributed by atoms with E-state index in [9.17, 15) is 9.90 Å². The molecule has 0 heterocycles. The first-order valence-corrected chi connectivity index (χ1v) is 7.81. The van der Waals surface area contributed by atoms with Gasteiger partial charge in [-0.3, -0.25) is 4.79 Å². The lowest BCUT2D eigenvalue weighted by Crippen LogP contribution is -2.17. The number of phenols is 1. The standard InChI is InChI=1S/C18H12Cl2N2O2/c19-15-7-3-6-13(17(15)20)10-21-22-18(24)14-8-11-4-1-2-5-12(11)9-16(14)23/h1-10,23H,(H,22,24)/b21-10+. The van der Waals surface area contributed by atoms with Crippen molar-refractivity contribution in [1.82, 2.24) is 5.43 Å².